The molecule has 0 radical (unpaired) electrons. The van der Waals surface area contributed by atoms with Crippen molar-refractivity contribution < 1.29 is 12.8 Å². The molecule has 0 aliphatic heterocycles. The number of aromatic nitrogens is 2. The van der Waals surface area contributed by atoms with Crippen LogP contribution in [0.5, 0.6) is 0 Å². The van der Waals surface area contributed by atoms with Crippen LogP contribution in [0.2, 0.25) is 0 Å². The van der Waals surface area contributed by atoms with Gasteiger partial charge in [0.1, 0.15) is 12.1 Å². The van der Waals surface area contributed by atoms with E-state index in [0.717, 1.165) is 33.4 Å². The zero-order chi connectivity index (χ0) is 19.0. The molecule has 0 atom stereocenters. The van der Waals surface area contributed by atoms with Crippen molar-refractivity contribution in [1.82, 2.24) is 9.36 Å². The minimum atomic E-state index is -3.77. The van der Waals surface area contributed by atoms with E-state index in [0.29, 0.717) is 4.47 Å². The van der Waals surface area contributed by atoms with Gasteiger partial charge in [0, 0.05) is 16.0 Å². The Bertz CT molecular complexity index is 1240. The molecule has 0 spiro atoms. The van der Waals surface area contributed by atoms with E-state index in [1.165, 1.54) is 24.5 Å². The van der Waals surface area contributed by atoms with Gasteiger partial charge in [0.25, 0.3) is 10.0 Å². The van der Waals surface area contributed by atoms with Crippen LogP contribution < -0.4 is 4.72 Å². The van der Waals surface area contributed by atoms with E-state index >= 15 is 0 Å². The molecule has 4 aromatic rings. The van der Waals surface area contributed by atoms with Crippen LogP contribution >= 0.6 is 27.5 Å². The van der Waals surface area contributed by atoms with Gasteiger partial charge in [-0.2, -0.15) is 4.37 Å². The Labute approximate surface area is 167 Å². The summed E-state index contributed by atoms with van der Waals surface area (Å²) in [6.45, 7) is 0. The van der Waals surface area contributed by atoms with Crippen LogP contribution in [0.15, 0.2) is 70.3 Å². The Morgan fingerprint density at radius 3 is 2.63 bits per heavy atom. The highest BCUT2D eigenvalue weighted by molar-refractivity contribution is 9.10. The number of fused-ring (bicyclic) bond motifs is 1. The van der Waals surface area contributed by atoms with Gasteiger partial charge >= 0.3 is 0 Å². The van der Waals surface area contributed by atoms with Gasteiger partial charge in [-0.15, -0.1) is 0 Å². The highest BCUT2D eigenvalue weighted by atomic mass is 79.9. The Kier molecular flexibility index (Phi) is 4.67. The lowest BCUT2D eigenvalue weighted by Gasteiger charge is -2.11. The lowest BCUT2D eigenvalue weighted by Crippen LogP contribution is -2.12. The van der Waals surface area contributed by atoms with Crippen molar-refractivity contribution >= 4 is 53.4 Å². The summed E-state index contributed by atoms with van der Waals surface area (Å²) in [5, 5.41) is 1.82. The SMILES string of the molecule is O=S(=O)(Nc1ncns1)c1ccc2c(-c3ccc(F)cc3Br)cccc2c1. The smallest absolute Gasteiger partial charge is 0.253 e. The molecule has 3 aromatic carbocycles. The molecule has 0 aliphatic rings. The van der Waals surface area contributed by atoms with Crippen LogP contribution in [-0.2, 0) is 10.0 Å². The molecule has 9 heteroatoms. The predicted octanol–water partition coefficient (Wildman–Crippen LogP) is 5.06. The molecule has 0 unspecified atom stereocenters. The molecule has 0 saturated heterocycles. The van der Waals surface area contributed by atoms with Crippen molar-refractivity contribution in [2.24, 2.45) is 0 Å². The minimum Gasteiger partial charge on any atom is -0.253 e. The lowest BCUT2D eigenvalue weighted by atomic mass is 9.98. The molecule has 1 N–H and O–H groups in total. The molecule has 5 nitrogen and oxygen atoms in total. The Morgan fingerprint density at radius 2 is 1.89 bits per heavy atom. The predicted molar refractivity (Wildman–Crippen MR) is 108 cm³/mol. The van der Waals surface area contributed by atoms with Gasteiger partial charge in [-0.1, -0.05) is 46.3 Å². The van der Waals surface area contributed by atoms with Crippen LogP contribution in [-0.4, -0.2) is 17.8 Å². The molecule has 1 aromatic heterocycles. The van der Waals surface area contributed by atoms with Gasteiger partial charge in [0.15, 0.2) is 0 Å². The zero-order valence-corrected chi connectivity index (χ0v) is 16.8. The van der Waals surface area contributed by atoms with Crippen LogP contribution in [0, 0.1) is 5.82 Å². The number of anilines is 1. The quantitative estimate of drug-likeness (QED) is 0.458. The number of rotatable bonds is 4. The van der Waals surface area contributed by atoms with E-state index in [-0.39, 0.29) is 15.8 Å². The van der Waals surface area contributed by atoms with Crippen molar-refractivity contribution in [1.29, 1.82) is 0 Å². The van der Waals surface area contributed by atoms with Gasteiger partial charge in [0.05, 0.1) is 4.90 Å². The van der Waals surface area contributed by atoms with Gasteiger partial charge in [-0.3, -0.25) is 4.72 Å². The maximum Gasteiger partial charge on any atom is 0.263 e. The highest BCUT2D eigenvalue weighted by Crippen LogP contribution is 2.35. The first-order valence-corrected chi connectivity index (χ1v) is 10.8. The zero-order valence-electron chi connectivity index (χ0n) is 13.6. The number of sulfonamides is 1. The summed E-state index contributed by atoms with van der Waals surface area (Å²) in [4.78, 5) is 3.97. The summed E-state index contributed by atoms with van der Waals surface area (Å²) in [5.41, 5.74) is 1.70. The number of hydrogen-bond acceptors (Lipinski definition) is 5. The molecule has 27 heavy (non-hydrogen) atoms. The van der Waals surface area contributed by atoms with Crippen LogP contribution in [0.25, 0.3) is 21.9 Å². The second-order valence-electron chi connectivity index (χ2n) is 5.66. The van der Waals surface area contributed by atoms with Crippen molar-refractivity contribution in [2.75, 3.05) is 4.72 Å². The van der Waals surface area contributed by atoms with Crippen molar-refractivity contribution in [3.05, 3.63) is 71.2 Å². The van der Waals surface area contributed by atoms with Gasteiger partial charge in [0.2, 0.25) is 5.13 Å². The average Bonchev–Trinajstić information content (AvgIpc) is 3.13. The van der Waals surface area contributed by atoms with E-state index in [4.69, 9.17) is 0 Å². The molecule has 0 aliphatic carbocycles. The van der Waals surface area contributed by atoms with Crippen molar-refractivity contribution in [3.63, 3.8) is 0 Å². The molecular formula is C18H11BrFN3O2S2. The maximum atomic E-state index is 13.4. The Hall–Kier alpha value is -2.36. The first-order valence-electron chi connectivity index (χ1n) is 7.72. The topological polar surface area (TPSA) is 72.0 Å². The molecule has 1 heterocycles. The number of benzene rings is 3. The third-order valence-electron chi connectivity index (χ3n) is 3.97. The normalized spacial score (nSPS) is 11.6. The van der Waals surface area contributed by atoms with Gasteiger partial charge in [-0.05, 0) is 46.2 Å². The second-order valence-corrected chi connectivity index (χ2v) is 8.98. The van der Waals surface area contributed by atoms with Gasteiger partial charge in [-0.25, -0.2) is 17.8 Å². The van der Waals surface area contributed by atoms with Crippen LogP contribution in [0.4, 0.5) is 9.52 Å². The third-order valence-corrected chi connectivity index (χ3v) is 6.67. The first-order chi connectivity index (χ1) is 12.9. The van der Waals surface area contributed by atoms with Crippen molar-refractivity contribution in [3.8, 4) is 11.1 Å². The molecule has 0 saturated carbocycles. The maximum absolute atomic E-state index is 13.4. The molecular weight excluding hydrogens is 453 g/mol. The molecule has 136 valence electrons. The molecule has 0 bridgehead atoms. The monoisotopic (exact) mass is 463 g/mol. The van der Waals surface area contributed by atoms with E-state index in [9.17, 15) is 12.8 Å². The number of nitrogens with zero attached hydrogens (tertiary/aromatic N) is 2. The van der Waals surface area contributed by atoms with Crippen LogP contribution in [0.1, 0.15) is 0 Å². The third kappa shape index (κ3) is 3.58. The molecule has 0 fully saturated rings. The fourth-order valence-corrected chi connectivity index (χ4v) is 5.02. The van der Waals surface area contributed by atoms with E-state index in [1.54, 1.807) is 18.2 Å². The van der Waals surface area contributed by atoms with Gasteiger partial charge < -0.3 is 0 Å². The largest absolute Gasteiger partial charge is 0.263 e. The average molecular weight is 464 g/mol. The molecule has 0 amide bonds. The summed E-state index contributed by atoms with van der Waals surface area (Å²) >= 11 is 4.35. The first kappa shape index (κ1) is 18.0. The highest BCUT2D eigenvalue weighted by Gasteiger charge is 2.17. The standard InChI is InChI=1S/C18H11BrFN3O2S2/c19-17-9-12(20)4-6-16(17)15-3-1-2-11-8-13(5-7-14(11)15)27(24,25)23-18-21-10-22-26-18/h1-10H,(H,21,22,23). The second kappa shape index (κ2) is 6.99. The summed E-state index contributed by atoms with van der Waals surface area (Å²) in [6.07, 6.45) is 1.29. The van der Waals surface area contributed by atoms with Crippen molar-refractivity contribution in [2.45, 2.75) is 4.90 Å². The summed E-state index contributed by atoms with van der Waals surface area (Å²) in [5.74, 6) is -0.331. The fraction of sp³-hybridized carbons (Fsp3) is 0. The van der Waals surface area contributed by atoms with E-state index in [1.807, 2.05) is 18.2 Å². The summed E-state index contributed by atoms with van der Waals surface area (Å²) in [7, 11) is -3.77. The molecule has 4 rings (SSSR count). The van der Waals surface area contributed by atoms with Crippen LogP contribution in [0.3, 0.4) is 0 Å². The number of hydrogen-bond donors (Lipinski definition) is 1. The van der Waals surface area contributed by atoms with E-state index in [2.05, 4.69) is 30.0 Å². The minimum absolute atomic E-state index is 0.125. The van der Waals surface area contributed by atoms with E-state index < -0.39 is 10.0 Å². The fourth-order valence-electron chi connectivity index (χ4n) is 2.76. The summed E-state index contributed by atoms with van der Waals surface area (Å²) in [6, 6.07) is 14.9. The lowest BCUT2D eigenvalue weighted by molar-refractivity contribution is 0.601. The Balaban J connectivity index is 1.80. The Morgan fingerprint density at radius 1 is 1.04 bits per heavy atom. The number of nitrogens with one attached hydrogen (secondary N) is 1. The summed E-state index contributed by atoms with van der Waals surface area (Å²) < 4.78 is 45.4. The number of halogens is 2.